The van der Waals surface area contributed by atoms with Gasteiger partial charge in [0.15, 0.2) is 0 Å². The maximum Gasteiger partial charge on any atom is 0.120 e. The predicted molar refractivity (Wildman–Crippen MR) is 224 cm³/mol. The Labute approximate surface area is 334 Å². The normalized spacial score (nSPS) is 11.6. The van der Waals surface area contributed by atoms with Crippen LogP contribution in [-0.4, -0.2) is 27.8 Å². The molecule has 6 aromatic carbocycles. The second-order valence-corrected chi connectivity index (χ2v) is 25.8. The summed E-state index contributed by atoms with van der Waals surface area (Å²) in [5, 5.41) is 4.59. The smallest absolute Gasteiger partial charge is 0.120 e. The van der Waals surface area contributed by atoms with E-state index in [-0.39, 0.29) is 20.1 Å². The van der Waals surface area contributed by atoms with Gasteiger partial charge in [-0.3, -0.25) is 4.98 Å². The van der Waals surface area contributed by atoms with Gasteiger partial charge in [-0.15, -0.1) is 18.2 Å². The zero-order valence-corrected chi connectivity index (χ0v) is 35.8. The van der Waals surface area contributed by atoms with Crippen molar-refractivity contribution in [2.24, 2.45) is 5.92 Å². The first-order valence-electron chi connectivity index (χ1n) is 18.4. The van der Waals surface area contributed by atoms with Crippen LogP contribution < -0.4 is 4.40 Å². The van der Waals surface area contributed by atoms with Gasteiger partial charge in [-0.2, -0.15) is 0 Å². The molecule has 0 amide bonds. The Kier molecular flexibility index (Phi) is 11.0. The summed E-state index contributed by atoms with van der Waals surface area (Å²) >= 11 is -1.86. The van der Waals surface area contributed by atoms with Crippen LogP contribution in [0.3, 0.4) is 0 Å². The van der Waals surface area contributed by atoms with Crippen LogP contribution in [0.15, 0.2) is 144 Å². The van der Waals surface area contributed by atoms with Crippen LogP contribution in [0, 0.1) is 18.1 Å². The maximum absolute atomic E-state index is 6.33. The van der Waals surface area contributed by atoms with Crippen molar-refractivity contribution in [3.8, 4) is 22.6 Å². The van der Waals surface area contributed by atoms with Crippen LogP contribution in [0.4, 0.5) is 0 Å². The van der Waals surface area contributed by atoms with Crippen LogP contribution in [-0.2, 0) is 33.1 Å². The van der Waals surface area contributed by atoms with Crippen LogP contribution in [0.5, 0.6) is 0 Å². The molecule has 271 valence electrons. The molecular formula is C48H43GeIrN3O-2. The van der Waals surface area contributed by atoms with Gasteiger partial charge in [0.25, 0.3) is 0 Å². The van der Waals surface area contributed by atoms with Crippen molar-refractivity contribution in [1.29, 1.82) is 0 Å². The standard InChI is InChI=1S/C30H19N2O.C18H24GeN.Ir/c1-2-9-20(10-3-1)19-32-27-18-22-12-5-4-11-21(22)17-26(27)31-30(32)25-15-8-14-24-23-13-6-7-16-28(23)33-29(24)25;1-14(2)11-16-12-18(15-9-7-6-8-10-15)20-13-17(16)19(3,4)5;/h1-14,16-18H,19H2;6-9,12-14H,11H2,1-5H3;/q2*-1;. The van der Waals surface area contributed by atoms with Crippen molar-refractivity contribution in [1.82, 2.24) is 14.5 Å². The van der Waals surface area contributed by atoms with E-state index in [4.69, 9.17) is 14.4 Å². The molecule has 0 saturated heterocycles. The summed E-state index contributed by atoms with van der Waals surface area (Å²) in [6, 6.07) is 52.7. The molecule has 3 heterocycles. The van der Waals surface area contributed by atoms with Crippen molar-refractivity contribution in [3.63, 3.8) is 0 Å². The van der Waals surface area contributed by atoms with E-state index in [0.717, 1.165) is 68.6 Å². The summed E-state index contributed by atoms with van der Waals surface area (Å²) in [5.74, 6) is 8.86. The van der Waals surface area contributed by atoms with Gasteiger partial charge in [-0.05, 0) is 34.5 Å². The van der Waals surface area contributed by atoms with E-state index in [9.17, 15) is 0 Å². The largest absolute Gasteiger partial charge is 0.501 e. The molecule has 0 atom stereocenters. The first-order valence-corrected chi connectivity index (χ1v) is 25.8. The fourth-order valence-corrected chi connectivity index (χ4v) is 10.6. The molecule has 0 saturated carbocycles. The first-order chi connectivity index (χ1) is 25.7. The number of para-hydroxylation sites is 1. The Bertz CT molecular complexity index is 2690. The summed E-state index contributed by atoms with van der Waals surface area (Å²) in [6.45, 7) is 5.29. The maximum atomic E-state index is 6.33. The Hall–Kier alpha value is -4.81. The van der Waals surface area contributed by atoms with E-state index in [1.807, 2.05) is 48.5 Å². The number of rotatable bonds is 7. The number of fused-ring (bicyclic) bond motifs is 5. The van der Waals surface area contributed by atoms with Gasteiger partial charge in [-0.1, -0.05) is 83.7 Å². The molecule has 0 aliphatic rings. The van der Waals surface area contributed by atoms with Crippen LogP contribution in [0.25, 0.3) is 66.4 Å². The van der Waals surface area contributed by atoms with Gasteiger partial charge >= 0.3 is 126 Å². The van der Waals surface area contributed by atoms with Gasteiger partial charge in [0.2, 0.25) is 0 Å². The Morgan fingerprint density at radius 3 is 2.20 bits per heavy atom. The molecular weight excluding hydrogens is 899 g/mol. The number of imidazole rings is 1. The zero-order valence-electron chi connectivity index (χ0n) is 31.4. The van der Waals surface area contributed by atoms with Gasteiger partial charge in [0.1, 0.15) is 5.58 Å². The Balaban J connectivity index is 0.000000186. The van der Waals surface area contributed by atoms with Crippen LogP contribution in [0.1, 0.15) is 25.0 Å². The third kappa shape index (κ3) is 7.72. The van der Waals surface area contributed by atoms with Gasteiger partial charge in [-0.25, -0.2) is 0 Å². The third-order valence-corrected chi connectivity index (χ3v) is 14.1. The van der Waals surface area contributed by atoms with Gasteiger partial charge in [0.05, 0.1) is 22.4 Å². The number of nitrogens with zero attached hydrogens (tertiary/aromatic N) is 3. The molecule has 0 bridgehead atoms. The second-order valence-electron chi connectivity index (χ2n) is 15.2. The Morgan fingerprint density at radius 1 is 0.741 bits per heavy atom. The van der Waals surface area contributed by atoms with Gasteiger partial charge in [0, 0.05) is 32.0 Å². The van der Waals surface area contributed by atoms with Crippen molar-refractivity contribution in [2.45, 2.75) is 44.1 Å². The number of benzene rings is 6. The van der Waals surface area contributed by atoms with E-state index in [2.05, 4.69) is 139 Å². The molecule has 0 unspecified atom stereocenters. The molecule has 9 aromatic rings. The molecule has 4 nitrogen and oxygen atoms in total. The minimum absolute atomic E-state index is 0. The third-order valence-electron chi connectivity index (χ3n) is 9.77. The molecule has 0 aliphatic heterocycles. The van der Waals surface area contributed by atoms with E-state index in [0.29, 0.717) is 5.92 Å². The summed E-state index contributed by atoms with van der Waals surface area (Å²) in [4.78, 5) is 9.82. The monoisotopic (exact) mass is 944 g/mol. The molecule has 6 heteroatoms. The second kappa shape index (κ2) is 15.9. The number of hydrogen-bond acceptors (Lipinski definition) is 3. The van der Waals surface area contributed by atoms with Crippen LogP contribution >= 0.6 is 0 Å². The van der Waals surface area contributed by atoms with Crippen molar-refractivity contribution < 1.29 is 24.5 Å². The minimum atomic E-state index is -1.86. The number of hydrogen-bond donors (Lipinski definition) is 0. The van der Waals surface area contributed by atoms with Gasteiger partial charge < -0.3 is 8.98 Å². The first kappa shape index (κ1) is 37.5. The molecule has 0 N–H and O–H groups in total. The Morgan fingerprint density at radius 2 is 1.46 bits per heavy atom. The van der Waals surface area contributed by atoms with Crippen LogP contribution in [0.2, 0.25) is 17.3 Å². The summed E-state index contributed by atoms with van der Waals surface area (Å²) in [7, 11) is 0. The fourth-order valence-electron chi connectivity index (χ4n) is 7.27. The number of pyridine rings is 1. The molecule has 54 heavy (non-hydrogen) atoms. The molecule has 9 rings (SSSR count). The molecule has 0 spiro atoms. The number of furan rings is 1. The van der Waals surface area contributed by atoms with Crippen molar-refractivity contribution in [2.75, 3.05) is 0 Å². The molecule has 0 aliphatic carbocycles. The van der Waals surface area contributed by atoms with Crippen molar-refractivity contribution >= 4 is 61.4 Å². The van der Waals surface area contributed by atoms with E-state index in [1.165, 1.54) is 21.9 Å². The average molecular weight is 943 g/mol. The quantitative estimate of drug-likeness (QED) is 0.118. The minimum Gasteiger partial charge on any atom is -0.501 e. The van der Waals surface area contributed by atoms with E-state index >= 15 is 0 Å². The summed E-state index contributed by atoms with van der Waals surface area (Å²) in [6.07, 6.45) is 3.27. The zero-order chi connectivity index (χ0) is 36.5. The summed E-state index contributed by atoms with van der Waals surface area (Å²) in [5.41, 5.74) is 9.53. The van der Waals surface area contributed by atoms with E-state index in [1.54, 1.807) is 4.40 Å². The summed E-state index contributed by atoms with van der Waals surface area (Å²) < 4.78 is 10.2. The molecule has 3 aromatic heterocycles. The number of aromatic nitrogens is 3. The van der Waals surface area contributed by atoms with E-state index < -0.39 is 13.3 Å². The average Bonchev–Trinajstić information content (AvgIpc) is 3.72. The van der Waals surface area contributed by atoms with Crippen molar-refractivity contribution in [3.05, 3.63) is 163 Å². The topological polar surface area (TPSA) is 43.9 Å². The molecule has 1 radical (unpaired) electrons. The fraction of sp³-hybridized carbons (Fsp3) is 0.167. The predicted octanol–water partition coefficient (Wildman–Crippen LogP) is 11.9. The SMILES string of the molecule is CC(C)Cc1cc(-c2[c-]cccc2)nc[c]1[Ge]([CH3])([CH3])[CH3].[Ir].[c-]1ccc2c(oc3ccccc32)c1-c1nc2cc3ccccc3cc2n1Cc1ccccc1. The molecule has 0 fully saturated rings.